The fourth-order valence-corrected chi connectivity index (χ4v) is 5.86. The van der Waals surface area contributed by atoms with Crippen molar-refractivity contribution in [3.05, 3.63) is 105 Å². The van der Waals surface area contributed by atoms with Crippen molar-refractivity contribution >= 4 is 50.1 Å². The van der Waals surface area contributed by atoms with Gasteiger partial charge in [0.05, 0.1) is 15.5 Å². The average Bonchev–Trinajstić information content (AvgIpc) is 3.22. The van der Waals surface area contributed by atoms with E-state index in [1.54, 1.807) is 54.6 Å². The predicted molar refractivity (Wildman–Crippen MR) is 139 cm³/mol. The van der Waals surface area contributed by atoms with Crippen LogP contribution in [0.5, 0.6) is 0 Å². The van der Waals surface area contributed by atoms with Gasteiger partial charge < -0.3 is 4.84 Å². The number of benzene rings is 3. The molecule has 0 bridgehead atoms. The Morgan fingerprint density at radius 2 is 1.56 bits per heavy atom. The molecule has 0 fully saturated rings. The minimum Gasteiger partial charge on any atom is -0.391 e. The number of nitrogens with zero attached hydrogens (tertiary/aromatic N) is 2. The highest BCUT2D eigenvalue weighted by molar-refractivity contribution is 7.92. The van der Waals surface area contributed by atoms with Gasteiger partial charge in [0.2, 0.25) is 0 Å². The molecule has 3 aromatic carbocycles. The molecule has 0 saturated heterocycles. The summed E-state index contributed by atoms with van der Waals surface area (Å²) in [6, 6.07) is 22.8. The van der Waals surface area contributed by atoms with E-state index in [4.69, 9.17) is 28.0 Å². The molecule has 0 aliphatic rings. The summed E-state index contributed by atoms with van der Waals surface area (Å²) in [5, 5.41) is 6.25. The molecule has 0 radical (unpaired) electrons. The monoisotopic (exact) mass is 530 g/mol. The Morgan fingerprint density at radius 1 is 0.941 bits per heavy atom. The summed E-state index contributed by atoms with van der Waals surface area (Å²) in [5.74, 6) is -0.319. The molecule has 9 heteroatoms. The first-order chi connectivity index (χ1) is 16.3. The molecule has 1 heterocycles. The zero-order chi connectivity index (χ0) is 24.1. The lowest BCUT2D eigenvalue weighted by atomic mass is 10.2. The van der Waals surface area contributed by atoms with E-state index in [1.807, 2.05) is 31.2 Å². The molecular weight excluding hydrogens is 511 g/mol. The van der Waals surface area contributed by atoms with Crippen molar-refractivity contribution in [3.63, 3.8) is 0 Å². The highest BCUT2D eigenvalue weighted by atomic mass is 35.5. The van der Waals surface area contributed by atoms with E-state index in [2.05, 4.69) is 10.1 Å². The van der Waals surface area contributed by atoms with Gasteiger partial charge in [0.15, 0.2) is 9.84 Å². The van der Waals surface area contributed by atoms with Gasteiger partial charge in [-0.2, -0.15) is 0 Å². The van der Waals surface area contributed by atoms with Gasteiger partial charge in [-0.05, 0) is 48.9 Å². The molecule has 174 valence electrons. The highest BCUT2D eigenvalue weighted by Gasteiger charge is 2.23. The van der Waals surface area contributed by atoms with Gasteiger partial charge in [-0.25, -0.2) is 13.4 Å². The number of sulfone groups is 1. The van der Waals surface area contributed by atoms with Crippen molar-refractivity contribution < 1.29 is 13.3 Å². The van der Waals surface area contributed by atoms with E-state index in [1.165, 1.54) is 11.3 Å². The molecule has 4 rings (SSSR count). The minimum atomic E-state index is -3.65. The maximum absolute atomic E-state index is 13.1. The van der Waals surface area contributed by atoms with Crippen LogP contribution in [0.25, 0.3) is 10.6 Å². The smallest absolute Gasteiger partial charge is 0.184 e. The van der Waals surface area contributed by atoms with Crippen molar-refractivity contribution in [1.82, 2.24) is 4.98 Å². The summed E-state index contributed by atoms with van der Waals surface area (Å²) in [6.07, 6.45) is 0. The lowest BCUT2D eigenvalue weighted by Crippen LogP contribution is -2.18. The first-order valence-corrected chi connectivity index (χ1v) is 13.5. The molecule has 0 unspecified atom stereocenters. The van der Waals surface area contributed by atoms with Crippen LogP contribution in [0.2, 0.25) is 10.0 Å². The van der Waals surface area contributed by atoms with E-state index in [9.17, 15) is 8.42 Å². The van der Waals surface area contributed by atoms with E-state index >= 15 is 0 Å². The third kappa shape index (κ3) is 6.04. The normalized spacial score (nSPS) is 12.0. The fourth-order valence-electron chi connectivity index (χ4n) is 3.17. The van der Waals surface area contributed by atoms with E-state index in [-0.39, 0.29) is 17.3 Å². The Kier molecular flexibility index (Phi) is 7.68. The molecule has 0 aliphatic carbocycles. The second kappa shape index (κ2) is 10.7. The van der Waals surface area contributed by atoms with Crippen LogP contribution >= 0.6 is 34.5 Å². The van der Waals surface area contributed by atoms with Gasteiger partial charge >= 0.3 is 0 Å². The van der Waals surface area contributed by atoms with Crippen molar-refractivity contribution in [2.75, 3.05) is 5.75 Å². The van der Waals surface area contributed by atoms with Crippen LogP contribution in [0.15, 0.2) is 88.9 Å². The van der Waals surface area contributed by atoms with E-state index in [0.29, 0.717) is 26.3 Å². The lowest BCUT2D eigenvalue weighted by Gasteiger charge is -2.08. The van der Waals surface area contributed by atoms with Crippen LogP contribution in [0.3, 0.4) is 0 Å². The molecule has 0 aliphatic heterocycles. The fraction of sp³-hybridized carbons (Fsp3) is 0.120. The van der Waals surface area contributed by atoms with Gasteiger partial charge in [0.1, 0.15) is 23.1 Å². The van der Waals surface area contributed by atoms with Crippen LogP contribution in [-0.4, -0.2) is 24.9 Å². The quantitative estimate of drug-likeness (QED) is 0.185. The second-order valence-corrected chi connectivity index (χ2v) is 11.3. The third-order valence-electron chi connectivity index (χ3n) is 4.90. The first kappa shape index (κ1) is 24.4. The standard InChI is InChI=1S/C25H20Cl2N2O3S2/c1-17-24(33-25(28-17)19-9-13-21(27)14-10-19)23(16-34(30,31)22-5-3-2-4-6-22)29-32-15-18-7-11-20(26)12-8-18/h2-14H,15-16H2,1H3. The van der Waals surface area contributed by atoms with Crippen molar-refractivity contribution in [2.24, 2.45) is 5.16 Å². The summed E-state index contributed by atoms with van der Waals surface area (Å²) in [4.78, 5) is 11.1. The summed E-state index contributed by atoms with van der Waals surface area (Å²) >= 11 is 13.3. The SMILES string of the molecule is Cc1nc(-c2ccc(Cl)cc2)sc1C(CS(=O)(=O)c1ccccc1)=NOCc1ccc(Cl)cc1. The highest BCUT2D eigenvalue weighted by Crippen LogP contribution is 2.30. The van der Waals surface area contributed by atoms with Crippen LogP contribution in [-0.2, 0) is 21.3 Å². The number of hydrogen-bond donors (Lipinski definition) is 0. The third-order valence-corrected chi connectivity index (χ3v) is 8.30. The largest absolute Gasteiger partial charge is 0.391 e. The van der Waals surface area contributed by atoms with Crippen LogP contribution in [0.4, 0.5) is 0 Å². The lowest BCUT2D eigenvalue weighted by molar-refractivity contribution is 0.130. The Morgan fingerprint density at radius 3 is 2.21 bits per heavy atom. The van der Waals surface area contributed by atoms with Gasteiger partial charge in [-0.1, -0.05) is 70.8 Å². The molecule has 0 saturated carbocycles. The summed E-state index contributed by atoms with van der Waals surface area (Å²) in [6.45, 7) is 2.00. The molecule has 0 N–H and O–H groups in total. The average molecular weight is 531 g/mol. The van der Waals surface area contributed by atoms with E-state index < -0.39 is 9.84 Å². The second-order valence-electron chi connectivity index (χ2n) is 7.45. The van der Waals surface area contributed by atoms with Crippen LogP contribution in [0.1, 0.15) is 16.1 Å². The number of aromatic nitrogens is 1. The first-order valence-electron chi connectivity index (χ1n) is 10.3. The number of oxime groups is 1. The molecule has 0 amide bonds. The Balaban J connectivity index is 1.67. The maximum atomic E-state index is 13.1. The van der Waals surface area contributed by atoms with Crippen LogP contribution < -0.4 is 0 Å². The molecule has 5 nitrogen and oxygen atoms in total. The molecule has 34 heavy (non-hydrogen) atoms. The Bertz CT molecular complexity index is 1400. The van der Waals surface area contributed by atoms with E-state index in [0.717, 1.165) is 16.1 Å². The molecule has 0 spiro atoms. The summed E-state index contributed by atoms with van der Waals surface area (Å²) in [7, 11) is -3.65. The minimum absolute atomic E-state index is 0.175. The van der Waals surface area contributed by atoms with Gasteiger partial charge in [0.25, 0.3) is 0 Å². The van der Waals surface area contributed by atoms with Crippen LogP contribution in [0, 0.1) is 6.92 Å². The molecule has 1 aromatic heterocycles. The zero-order valence-corrected chi connectivity index (χ0v) is 21.3. The zero-order valence-electron chi connectivity index (χ0n) is 18.1. The topological polar surface area (TPSA) is 68.6 Å². The Labute approximate surface area is 212 Å². The number of rotatable bonds is 8. The number of aryl methyl sites for hydroxylation is 1. The predicted octanol–water partition coefficient (Wildman–Crippen LogP) is 6.82. The van der Waals surface area contributed by atoms with Crippen molar-refractivity contribution in [2.45, 2.75) is 18.4 Å². The summed E-state index contributed by atoms with van der Waals surface area (Å²) < 4.78 is 26.3. The Hall–Kier alpha value is -2.71. The van der Waals surface area contributed by atoms with Gasteiger partial charge in [-0.3, -0.25) is 0 Å². The number of halogens is 2. The van der Waals surface area contributed by atoms with Gasteiger partial charge in [-0.15, -0.1) is 11.3 Å². The molecule has 4 aromatic rings. The molecular formula is C25H20Cl2N2O3S2. The van der Waals surface area contributed by atoms with Gasteiger partial charge in [0, 0.05) is 15.6 Å². The maximum Gasteiger partial charge on any atom is 0.184 e. The molecule has 0 atom stereocenters. The summed E-state index contributed by atoms with van der Waals surface area (Å²) in [5.41, 5.74) is 2.72. The van der Waals surface area contributed by atoms with Crippen molar-refractivity contribution in [1.29, 1.82) is 0 Å². The number of thiazole rings is 1. The number of hydrogen-bond acceptors (Lipinski definition) is 6. The van der Waals surface area contributed by atoms with Crippen molar-refractivity contribution in [3.8, 4) is 10.6 Å².